The van der Waals surface area contributed by atoms with Crippen LogP contribution in [0.4, 0.5) is 0 Å². The molecule has 47 valence electrons. The molecule has 0 aliphatic rings. The summed E-state index contributed by atoms with van der Waals surface area (Å²) in [5, 5.41) is 17.6. The van der Waals surface area contributed by atoms with Crippen molar-refractivity contribution in [1.29, 1.82) is 0 Å². The Morgan fingerprint density at radius 1 is 1.44 bits per heavy atom. The smallest absolute Gasteiger partial charge is 0.127 e. The summed E-state index contributed by atoms with van der Waals surface area (Å²) >= 11 is 0. The van der Waals surface area contributed by atoms with Crippen molar-refractivity contribution >= 4 is 0 Å². The first kappa shape index (κ1) is 5.95. The SMILES string of the molecule is Cc1c[c]c(O)cc1O. The van der Waals surface area contributed by atoms with Crippen LogP contribution in [0.3, 0.4) is 0 Å². The van der Waals surface area contributed by atoms with Crippen LogP contribution in [0.15, 0.2) is 12.1 Å². The first-order valence-electron chi connectivity index (χ1n) is 2.60. The van der Waals surface area contributed by atoms with Crippen molar-refractivity contribution in [3.8, 4) is 11.5 Å². The fourth-order valence-corrected chi connectivity index (χ4v) is 0.541. The van der Waals surface area contributed by atoms with E-state index in [4.69, 9.17) is 10.2 Å². The Morgan fingerprint density at radius 3 is 2.56 bits per heavy atom. The highest BCUT2D eigenvalue weighted by atomic mass is 16.3. The summed E-state index contributed by atoms with van der Waals surface area (Å²) in [5.41, 5.74) is 0.716. The minimum absolute atomic E-state index is 0.0295. The van der Waals surface area contributed by atoms with E-state index in [9.17, 15) is 0 Å². The largest absolute Gasteiger partial charge is 0.508 e. The molecule has 0 unspecified atom stereocenters. The number of aryl methyl sites for hydroxylation is 1. The fourth-order valence-electron chi connectivity index (χ4n) is 0.541. The summed E-state index contributed by atoms with van der Waals surface area (Å²) in [5.74, 6) is 0.0735. The Balaban J connectivity index is 3.17. The maximum Gasteiger partial charge on any atom is 0.127 e. The molecule has 2 N–H and O–H groups in total. The van der Waals surface area contributed by atoms with Gasteiger partial charge in [-0.15, -0.1) is 0 Å². The molecular weight excluding hydrogens is 116 g/mol. The molecule has 1 aromatic carbocycles. The van der Waals surface area contributed by atoms with Crippen molar-refractivity contribution in [2.24, 2.45) is 0 Å². The molecule has 0 aliphatic heterocycles. The molecular formula is C7H7O2. The van der Waals surface area contributed by atoms with E-state index in [1.54, 1.807) is 6.92 Å². The first-order valence-corrected chi connectivity index (χ1v) is 2.60. The minimum Gasteiger partial charge on any atom is -0.508 e. The zero-order valence-electron chi connectivity index (χ0n) is 5.05. The lowest BCUT2D eigenvalue weighted by atomic mass is 10.2. The number of benzene rings is 1. The molecule has 0 amide bonds. The van der Waals surface area contributed by atoms with E-state index < -0.39 is 0 Å². The lowest BCUT2D eigenvalue weighted by Gasteiger charge is -1.95. The van der Waals surface area contributed by atoms with Gasteiger partial charge in [-0.2, -0.15) is 0 Å². The molecule has 1 aromatic rings. The first-order chi connectivity index (χ1) is 4.20. The second-order valence-electron chi connectivity index (χ2n) is 1.89. The quantitative estimate of drug-likeness (QED) is 0.544. The topological polar surface area (TPSA) is 40.5 Å². The number of hydrogen-bond acceptors (Lipinski definition) is 2. The van der Waals surface area contributed by atoms with E-state index >= 15 is 0 Å². The Kier molecular flexibility index (Phi) is 1.30. The summed E-state index contributed by atoms with van der Waals surface area (Å²) < 4.78 is 0. The molecule has 2 heteroatoms. The maximum atomic E-state index is 8.92. The van der Waals surface area contributed by atoms with Gasteiger partial charge in [0.1, 0.15) is 11.5 Å². The van der Waals surface area contributed by atoms with Crippen LogP contribution >= 0.6 is 0 Å². The predicted octanol–water partition coefficient (Wildman–Crippen LogP) is 1.21. The highest BCUT2D eigenvalue weighted by molar-refractivity contribution is 5.36. The van der Waals surface area contributed by atoms with Gasteiger partial charge in [0.05, 0.1) is 0 Å². The van der Waals surface area contributed by atoms with Gasteiger partial charge in [0.15, 0.2) is 0 Å². The van der Waals surface area contributed by atoms with Crippen LogP contribution in [0.1, 0.15) is 5.56 Å². The van der Waals surface area contributed by atoms with Gasteiger partial charge in [-0.3, -0.25) is 0 Å². The number of hydrogen-bond donors (Lipinski definition) is 2. The second kappa shape index (κ2) is 1.97. The van der Waals surface area contributed by atoms with Crippen molar-refractivity contribution in [3.63, 3.8) is 0 Å². The van der Waals surface area contributed by atoms with Crippen LogP contribution in [0.2, 0.25) is 0 Å². The highest BCUT2D eigenvalue weighted by Crippen LogP contribution is 2.20. The third kappa shape index (κ3) is 1.13. The lowest BCUT2D eigenvalue weighted by molar-refractivity contribution is 0.447. The van der Waals surface area contributed by atoms with Crippen molar-refractivity contribution in [2.75, 3.05) is 0 Å². The van der Waals surface area contributed by atoms with Crippen molar-refractivity contribution in [3.05, 3.63) is 23.8 Å². The number of aromatic hydroxyl groups is 2. The van der Waals surface area contributed by atoms with Gasteiger partial charge in [-0.1, -0.05) is 0 Å². The molecule has 0 heterocycles. The van der Waals surface area contributed by atoms with Crippen LogP contribution in [0, 0.1) is 13.0 Å². The van der Waals surface area contributed by atoms with Crippen molar-refractivity contribution in [1.82, 2.24) is 0 Å². The van der Waals surface area contributed by atoms with Gasteiger partial charge in [-0.05, 0) is 18.6 Å². The highest BCUT2D eigenvalue weighted by Gasteiger charge is 1.94. The summed E-state index contributed by atoms with van der Waals surface area (Å²) in [6.07, 6.45) is 0. The summed E-state index contributed by atoms with van der Waals surface area (Å²) in [6, 6.07) is 5.33. The Hall–Kier alpha value is -1.18. The molecule has 0 saturated heterocycles. The Labute approximate surface area is 53.4 Å². The van der Waals surface area contributed by atoms with E-state index in [1.807, 2.05) is 0 Å². The molecule has 1 radical (unpaired) electrons. The molecule has 0 aromatic heterocycles. The number of phenols is 2. The van der Waals surface area contributed by atoms with Crippen LogP contribution in [0.25, 0.3) is 0 Å². The minimum atomic E-state index is -0.0295. The van der Waals surface area contributed by atoms with Crippen LogP contribution in [-0.4, -0.2) is 10.2 Å². The van der Waals surface area contributed by atoms with Crippen LogP contribution < -0.4 is 0 Å². The van der Waals surface area contributed by atoms with E-state index in [0.717, 1.165) is 0 Å². The van der Waals surface area contributed by atoms with Gasteiger partial charge in [-0.25, -0.2) is 0 Å². The van der Waals surface area contributed by atoms with Gasteiger partial charge in [0.25, 0.3) is 0 Å². The normalized spacial score (nSPS) is 9.44. The average Bonchev–Trinajstić information content (AvgIpc) is 1.80. The molecule has 0 atom stereocenters. The summed E-state index contributed by atoms with van der Waals surface area (Å²) in [6.45, 7) is 1.74. The Bertz CT molecular complexity index is 218. The van der Waals surface area contributed by atoms with Gasteiger partial charge >= 0.3 is 0 Å². The molecule has 0 saturated carbocycles. The second-order valence-corrected chi connectivity index (χ2v) is 1.89. The Morgan fingerprint density at radius 2 is 2.11 bits per heavy atom. The van der Waals surface area contributed by atoms with Gasteiger partial charge in [0.2, 0.25) is 0 Å². The summed E-state index contributed by atoms with van der Waals surface area (Å²) in [4.78, 5) is 0. The van der Waals surface area contributed by atoms with Crippen LogP contribution in [-0.2, 0) is 0 Å². The molecule has 0 fully saturated rings. The van der Waals surface area contributed by atoms with Gasteiger partial charge < -0.3 is 10.2 Å². The number of phenolic OH excluding ortho intramolecular Hbond substituents is 2. The standard InChI is InChI=1S/C7H7O2/c1-5-2-3-6(8)4-7(5)9/h2,4,8-9H,1H3. The molecule has 2 nitrogen and oxygen atoms in total. The third-order valence-corrected chi connectivity index (χ3v) is 1.11. The number of rotatable bonds is 0. The predicted molar refractivity (Wildman–Crippen MR) is 33.3 cm³/mol. The van der Waals surface area contributed by atoms with Crippen molar-refractivity contribution < 1.29 is 10.2 Å². The molecule has 0 bridgehead atoms. The average molecular weight is 123 g/mol. The molecule has 0 spiro atoms. The molecule has 0 aliphatic carbocycles. The third-order valence-electron chi connectivity index (χ3n) is 1.11. The monoisotopic (exact) mass is 123 g/mol. The summed E-state index contributed by atoms with van der Waals surface area (Å²) in [7, 11) is 0. The molecule has 9 heavy (non-hydrogen) atoms. The van der Waals surface area contributed by atoms with E-state index in [0.29, 0.717) is 5.56 Å². The fraction of sp³-hybridized carbons (Fsp3) is 0.143. The maximum absolute atomic E-state index is 8.92. The van der Waals surface area contributed by atoms with Crippen molar-refractivity contribution in [2.45, 2.75) is 6.92 Å². The van der Waals surface area contributed by atoms with Gasteiger partial charge in [0, 0.05) is 12.1 Å². The molecule has 1 rings (SSSR count). The zero-order valence-corrected chi connectivity index (χ0v) is 5.05. The lowest BCUT2D eigenvalue weighted by Crippen LogP contribution is -1.72. The van der Waals surface area contributed by atoms with E-state index in [-0.39, 0.29) is 11.5 Å². The van der Waals surface area contributed by atoms with E-state index in [2.05, 4.69) is 6.07 Å². The zero-order chi connectivity index (χ0) is 6.85. The van der Waals surface area contributed by atoms with Crippen LogP contribution in [0.5, 0.6) is 11.5 Å². The van der Waals surface area contributed by atoms with E-state index in [1.165, 1.54) is 12.1 Å².